The molecule has 3 N–H and O–H groups in total. The number of ether oxygens (including phenoxy) is 2. The van der Waals surface area contributed by atoms with Crippen molar-refractivity contribution in [3.8, 4) is 0 Å². The lowest BCUT2D eigenvalue weighted by atomic mass is 9.59. The van der Waals surface area contributed by atoms with E-state index >= 15 is 0 Å². The van der Waals surface area contributed by atoms with E-state index in [1.165, 1.54) is 0 Å². The van der Waals surface area contributed by atoms with Crippen molar-refractivity contribution >= 4 is 17.7 Å². The van der Waals surface area contributed by atoms with Crippen LogP contribution in [0.4, 0.5) is 0 Å². The zero-order chi connectivity index (χ0) is 36.3. The number of carbonyl (C=O) groups excluding carboxylic acids is 3. The number of amides is 1. The van der Waals surface area contributed by atoms with E-state index in [4.69, 9.17) is 14.3 Å². The van der Waals surface area contributed by atoms with Gasteiger partial charge in [-0.2, -0.15) is 5.06 Å². The molecule has 1 aliphatic heterocycles. The summed E-state index contributed by atoms with van der Waals surface area (Å²) in [5, 5.41) is 23.5. The van der Waals surface area contributed by atoms with Crippen molar-refractivity contribution in [2.24, 2.45) is 28.1 Å². The van der Waals surface area contributed by atoms with Gasteiger partial charge in [-0.25, -0.2) is 0 Å². The maximum absolute atomic E-state index is 13.9. The Kier molecular flexibility index (Phi) is 17.0. The second-order valence-corrected chi connectivity index (χ2v) is 16.0. The molecule has 276 valence electrons. The summed E-state index contributed by atoms with van der Waals surface area (Å²) < 4.78 is 12.3. The van der Waals surface area contributed by atoms with Gasteiger partial charge in [-0.05, 0) is 63.2 Å². The van der Waals surface area contributed by atoms with Crippen molar-refractivity contribution in [3.05, 3.63) is 0 Å². The Morgan fingerprint density at radius 1 is 0.957 bits per heavy atom. The zero-order valence-electron chi connectivity index (χ0n) is 31.9. The quantitative estimate of drug-likeness (QED) is 0.0698. The first-order chi connectivity index (χ1) is 21.7. The SMILES string of the molecule is CCCCOC(=O)C(CC(C)(C)C(C)(C)C(=O)NCCO)C(C)(C)CC(OCCCCO)ON1C(C)(CC)CC(=O)C(C)C1(C)CC. The van der Waals surface area contributed by atoms with Crippen molar-refractivity contribution in [1.82, 2.24) is 10.4 Å². The summed E-state index contributed by atoms with van der Waals surface area (Å²) in [5.74, 6) is -1.11. The number of nitrogens with one attached hydrogen (secondary N) is 1. The Morgan fingerprint density at radius 2 is 1.60 bits per heavy atom. The van der Waals surface area contributed by atoms with Crippen LogP contribution in [0.1, 0.15) is 141 Å². The predicted octanol–water partition coefficient (Wildman–Crippen LogP) is 6.21. The predicted molar refractivity (Wildman–Crippen MR) is 185 cm³/mol. The molecule has 1 amide bonds. The third kappa shape index (κ3) is 10.9. The summed E-state index contributed by atoms with van der Waals surface area (Å²) in [6, 6.07) is 0. The van der Waals surface area contributed by atoms with Crippen LogP contribution in [0.2, 0.25) is 0 Å². The van der Waals surface area contributed by atoms with E-state index in [-0.39, 0.29) is 43.3 Å². The van der Waals surface area contributed by atoms with E-state index < -0.39 is 39.5 Å². The van der Waals surface area contributed by atoms with Crippen LogP contribution in [0.15, 0.2) is 0 Å². The van der Waals surface area contributed by atoms with Gasteiger partial charge < -0.3 is 25.0 Å². The molecule has 1 saturated heterocycles. The molecule has 0 saturated carbocycles. The van der Waals surface area contributed by atoms with Crippen molar-refractivity contribution in [2.75, 3.05) is 33.0 Å². The standard InChI is InChI=1S/C37H70N2O8/c1-13-16-22-46-31(43)28(24-34(7,8)35(9,10)32(44)38-19-21-41)33(5,6)26-30(45-23-18-17-20-40)47-39-36(11,14-2)25-29(42)27(4)37(39,12)15-3/h27-28,30,40-41H,13-26H2,1-12H3,(H,38,44). The van der Waals surface area contributed by atoms with Crippen molar-refractivity contribution in [3.63, 3.8) is 0 Å². The number of ketones is 1. The van der Waals surface area contributed by atoms with Gasteiger partial charge in [-0.1, -0.05) is 75.7 Å². The molecule has 47 heavy (non-hydrogen) atoms. The summed E-state index contributed by atoms with van der Waals surface area (Å²) >= 11 is 0. The fourth-order valence-corrected chi connectivity index (χ4v) is 6.51. The van der Waals surface area contributed by atoms with Crippen LogP contribution in [0, 0.1) is 28.1 Å². The van der Waals surface area contributed by atoms with Gasteiger partial charge in [-0.3, -0.25) is 19.2 Å². The van der Waals surface area contributed by atoms with Crippen molar-refractivity contribution in [1.29, 1.82) is 0 Å². The molecule has 10 nitrogen and oxygen atoms in total. The lowest BCUT2D eigenvalue weighted by Gasteiger charge is -2.56. The van der Waals surface area contributed by atoms with Crippen molar-refractivity contribution < 1.29 is 38.9 Å². The Balaban J connectivity index is 3.59. The summed E-state index contributed by atoms with van der Waals surface area (Å²) in [7, 11) is 0. The van der Waals surface area contributed by atoms with Gasteiger partial charge in [0.1, 0.15) is 5.78 Å². The van der Waals surface area contributed by atoms with Gasteiger partial charge >= 0.3 is 5.97 Å². The van der Waals surface area contributed by atoms with Gasteiger partial charge in [0.25, 0.3) is 0 Å². The minimum absolute atomic E-state index is 0.0658. The van der Waals surface area contributed by atoms with Crippen LogP contribution < -0.4 is 5.32 Å². The van der Waals surface area contributed by atoms with Gasteiger partial charge in [-0.15, -0.1) is 0 Å². The highest BCUT2D eigenvalue weighted by Gasteiger charge is 2.55. The number of rotatable bonds is 22. The van der Waals surface area contributed by atoms with Crippen molar-refractivity contribution in [2.45, 2.75) is 158 Å². The number of aliphatic hydroxyl groups is 2. The molecule has 1 heterocycles. The number of hydrogen-bond acceptors (Lipinski definition) is 9. The monoisotopic (exact) mass is 671 g/mol. The van der Waals surface area contributed by atoms with E-state index in [2.05, 4.69) is 33.0 Å². The van der Waals surface area contributed by atoms with Gasteiger partial charge in [0, 0.05) is 43.9 Å². The van der Waals surface area contributed by atoms with Crippen LogP contribution >= 0.6 is 0 Å². The molecule has 0 radical (unpaired) electrons. The molecule has 0 bridgehead atoms. The molecule has 5 atom stereocenters. The second kappa shape index (κ2) is 18.4. The van der Waals surface area contributed by atoms with Crippen LogP contribution in [0.25, 0.3) is 0 Å². The highest BCUT2D eigenvalue weighted by molar-refractivity contribution is 5.84. The lowest BCUT2D eigenvalue weighted by Crippen LogP contribution is -2.67. The smallest absolute Gasteiger partial charge is 0.309 e. The first-order valence-corrected chi connectivity index (χ1v) is 18.0. The molecule has 0 aromatic heterocycles. The Bertz CT molecular complexity index is 999. The highest BCUT2D eigenvalue weighted by atomic mass is 16.8. The van der Waals surface area contributed by atoms with Gasteiger partial charge in [0.15, 0.2) is 6.29 Å². The Hall–Kier alpha value is -1.59. The first kappa shape index (κ1) is 43.4. The zero-order valence-corrected chi connectivity index (χ0v) is 31.9. The molecular weight excluding hydrogens is 600 g/mol. The second-order valence-electron chi connectivity index (χ2n) is 16.0. The van der Waals surface area contributed by atoms with Crippen LogP contribution in [-0.2, 0) is 28.7 Å². The molecule has 5 unspecified atom stereocenters. The number of hydroxylamine groups is 2. The minimum atomic E-state index is -0.862. The maximum atomic E-state index is 13.9. The average molecular weight is 671 g/mol. The van der Waals surface area contributed by atoms with E-state index in [1.54, 1.807) is 0 Å². The highest BCUT2D eigenvalue weighted by Crippen LogP contribution is 2.50. The molecule has 0 aromatic carbocycles. The average Bonchev–Trinajstić information content (AvgIpc) is 3.01. The fourth-order valence-electron chi connectivity index (χ4n) is 6.51. The number of hydrogen-bond donors (Lipinski definition) is 3. The number of aliphatic hydroxyl groups excluding tert-OH is 2. The molecule has 1 aliphatic rings. The number of piperidine rings is 1. The number of Topliss-reactive ketones (excluding diaryl/α,β-unsaturated/α-hetero) is 1. The number of nitrogens with zero attached hydrogens (tertiary/aromatic N) is 1. The van der Waals surface area contributed by atoms with E-state index in [0.29, 0.717) is 58.2 Å². The summed E-state index contributed by atoms with van der Waals surface area (Å²) in [5.41, 5.74) is -3.30. The molecule has 0 aliphatic carbocycles. The minimum Gasteiger partial charge on any atom is -0.465 e. The molecule has 0 spiro atoms. The lowest BCUT2D eigenvalue weighted by molar-refractivity contribution is -0.365. The van der Waals surface area contributed by atoms with Crippen LogP contribution in [0.5, 0.6) is 0 Å². The van der Waals surface area contributed by atoms with E-state index in [9.17, 15) is 24.6 Å². The molecule has 1 fully saturated rings. The number of unbranched alkanes of at least 4 members (excludes halogenated alkanes) is 2. The van der Waals surface area contributed by atoms with Crippen LogP contribution in [0.3, 0.4) is 0 Å². The topological polar surface area (TPSA) is 135 Å². The molecule has 0 aromatic rings. The third-order valence-corrected chi connectivity index (χ3v) is 11.5. The van der Waals surface area contributed by atoms with Gasteiger partial charge in [0.2, 0.25) is 5.91 Å². The Labute approximate surface area is 286 Å². The maximum Gasteiger partial charge on any atom is 0.309 e. The molecule has 10 heteroatoms. The number of carbonyl (C=O) groups is 3. The molecular formula is C37H70N2O8. The Morgan fingerprint density at radius 3 is 2.13 bits per heavy atom. The summed E-state index contributed by atoms with van der Waals surface area (Å²) in [6.07, 6.45) is 4.65. The summed E-state index contributed by atoms with van der Waals surface area (Å²) in [4.78, 5) is 47.3. The van der Waals surface area contributed by atoms with E-state index in [0.717, 1.165) is 12.8 Å². The van der Waals surface area contributed by atoms with Gasteiger partial charge in [0.05, 0.1) is 30.2 Å². The largest absolute Gasteiger partial charge is 0.465 e. The van der Waals surface area contributed by atoms with E-state index in [1.807, 2.05) is 60.5 Å². The fraction of sp³-hybridized carbons (Fsp3) is 0.919. The third-order valence-electron chi connectivity index (χ3n) is 11.5. The first-order valence-electron chi connectivity index (χ1n) is 18.0. The summed E-state index contributed by atoms with van der Waals surface area (Å²) in [6.45, 7) is 24.9. The van der Waals surface area contributed by atoms with Crippen LogP contribution in [-0.4, -0.2) is 83.3 Å². The number of esters is 1. The normalized spacial score (nSPS) is 24.2. The molecule has 1 rings (SSSR count).